The standard InChI is InChI=1S/C14H15FN2O4S2/c1-9-8-22-14(19)17(9)6-5-13(18)16-12-7-10(23(2,20)21)3-4-11(12)15/h3-4,7-8H,5-6H2,1-2H3,(H,16,18). The fourth-order valence-corrected chi connectivity index (χ4v) is 3.34. The van der Waals surface area contributed by atoms with Crippen molar-refractivity contribution in [3.63, 3.8) is 0 Å². The first-order valence-corrected chi connectivity index (χ1v) is 9.40. The van der Waals surface area contributed by atoms with Gasteiger partial charge in [-0.05, 0) is 25.1 Å². The summed E-state index contributed by atoms with van der Waals surface area (Å²) in [5.74, 6) is -1.23. The maximum Gasteiger partial charge on any atom is 0.307 e. The van der Waals surface area contributed by atoms with Crippen LogP contribution in [-0.4, -0.2) is 25.1 Å². The third-order valence-corrected chi connectivity index (χ3v) is 5.17. The second kappa shape index (κ2) is 6.63. The molecule has 0 saturated heterocycles. The number of thiazole rings is 1. The van der Waals surface area contributed by atoms with Crippen molar-refractivity contribution >= 4 is 32.8 Å². The van der Waals surface area contributed by atoms with Crippen LogP contribution in [0, 0.1) is 12.7 Å². The molecule has 0 aliphatic rings. The van der Waals surface area contributed by atoms with Gasteiger partial charge in [0.1, 0.15) is 5.82 Å². The van der Waals surface area contributed by atoms with Gasteiger partial charge in [0.25, 0.3) is 0 Å². The number of rotatable bonds is 5. The second-order valence-electron chi connectivity index (χ2n) is 5.01. The quantitative estimate of drug-likeness (QED) is 0.826. The van der Waals surface area contributed by atoms with Gasteiger partial charge in [0, 0.05) is 30.3 Å². The summed E-state index contributed by atoms with van der Waals surface area (Å²) in [4.78, 5) is 23.2. The first kappa shape index (κ1) is 17.4. The highest BCUT2D eigenvalue weighted by Crippen LogP contribution is 2.19. The van der Waals surface area contributed by atoms with E-state index in [1.54, 1.807) is 12.3 Å². The van der Waals surface area contributed by atoms with Crippen LogP contribution < -0.4 is 10.2 Å². The van der Waals surface area contributed by atoms with Gasteiger partial charge in [0.05, 0.1) is 10.6 Å². The van der Waals surface area contributed by atoms with E-state index >= 15 is 0 Å². The van der Waals surface area contributed by atoms with Crippen LogP contribution >= 0.6 is 11.3 Å². The summed E-state index contributed by atoms with van der Waals surface area (Å²) < 4.78 is 38.1. The predicted octanol–water partition coefficient (Wildman–Crippen LogP) is 1.79. The maximum absolute atomic E-state index is 13.7. The van der Waals surface area contributed by atoms with Crippen molar-refractivity contribution in [1.82, 2.24) is 4.57 Å². The molecule has 1 amide bonds. The minimum Gasteiger partial charge on any atom is -0.324 e. The zero-order valence-corrected chi connectivity index (χ0v) is 14.1. The number of halogens is 1. The molecule has 1 heterocycles. The van der Waals surface area contributed by atoms with E-state index in [1.807, 2.05) is 0 Å². The summed E-state index contributed by atoms with van der Waals surface area (Å²) in [7, 11) is -3.50. The molecule has 124 valence electrons. The molecule has 6 nitrogen and oxygen atoms in total. The molecule has 0 aliphatic heterocycles. The molecule has 1 aromatic heterocycles. The predicted molar refractivity (Wildman–Crippen MR) is 86.1 cm³/mol. The molecule has 0 fully saturated rings. The van der Waals surface area contributed by atoms with Crippen LogP contribution in [0.15, 0.2) is 33.3 Å². The molecule has 0 aliphatic carbocycles. The Bertz CT molecular complexity index is 900. The minimum absolute atomic E-state index is 0.0278. The SMILES string of the molecule is Cc1csc(=O)n1CCC(=O)Nc1cc(S(C)(=O)=O)ccc1F. The van der Waals surface area contributed by atoms with Crippen LogP contribution in [0.1, 0.15) is 12.1 Å². The molecule has 2 rings (SSSR count). The Labute approximate surface area is 136 Å². The number of carbonyl (C=O) groups excluding carboxylic acids is 1. The molecule has 0 saturated carbocycles. The largest absolute Gasteiger partial charge is 0.324 e. The van der Waals surface area contributed by atoms with E-state index < -0.39 is 21.6 Å². The van der Waals surface area contributed by atoms with Gasteiger partial charge in [-0.15, -0.1) is 0 Å². The highest BCUT2D eigenvalue weighted by molar-refractivity contribution is 7.90. The van der Waals surface area contributed by atoms with Gasteiger partial charge in [-0.2, -0.15) is 0 Å². The summed E-state index contributed by atoms with van der Waals surface area (Å²) in [6.07, 6.45) is 0.970. The van der Waals surface area contributed by atoms with Crippen molar-refractivity contribution in [3.8, 4) is 0 Å². The normalized spacial score (nSPS) is 11.4. The number of carbonyl (C=O) groups is 1. The lowest BCUT2D eigenvalue weighted by Crippen LogP contribution is -2.20. The second-order valence-corrected chi connectivity index (χ2v) is 7.84. The van der Waals surface area contributed by atoms with Crippen molar-refractivity contribution in [3.05, 3.63) is 44.8 Å². The number of amides is 1. The van der Waals surface area contributed by atoms with Gasteiger partial charge < -0.3 is 9.88 Å². The summed E-state index contributed by atoms with van der Waals surface area (Å²) in [6.45, 7) is 1.93. The van der Waals surface area contributed by atoms with Crippen molar-refractivity contribution in [2.45, 2.75) is 24.8 Å². The first-order valence-electron chi connectivity index (χ1n) is 6.63. The molecule has 0 bridgehead atoms. The molecule has 9 heteroatoms. The highest BCUT2D eigenvalue weighted by Gasteiger charge is 2.13. The maximum atomic E-state index is 13.7. The van der Waals surface area contributed by atoms with Gasteiger partial charge in [0.15, 0.2) is 9.84 Å². The molecule has 0 atom stereocenters. The monoisotopic (exact) mass is 358 g/mol. The summed E-state index contributed by atoms with van der Waals surface area (Å²) in [6, 6.07) is 3.19. The fraction of sp³-hybridized carbons (Fsp3) is 0.286. The third-order valence-electron chi connectivity index (χ3n) is 3.18. The Kier molecular flexibility index (Phi) is 5.00. The van der Waals surface area contributed by atoms with Gasteiger partial charge in [-0.1, -0.05) is 11.3 Å². The average molecular weight is 358 g/mol. The van der Waals surface area contributed by atoms with Crippen LogP contribution in [-0.2, 0) is 21.2 Å². The molecule has 2 aromatic rings. The number of nitrogens with one attached hydrogen (secondary N) is 1. The topological polar surface area (TPSA) is 85.2 Å². The lowest BCUT2D eigenvalue weighted by molar-refractivity contribution is -0.116. The van der Waals surface area contributed by atoms with E-state index in [0.29, 0.717) is 0 Å². The molecule has 23 heavy (non-hydrogen) atoms. The van der Waals surface area contributed by atoms with Gasteiger partial charge in [0.2, 0.25) is 5.91 Å². The summed E-state index contributed by atoms with van der Waals surface area (Å²) in [5.41, 5.74) is 0.547. The van der Waals surface area contributed by atoms with Gasteiger partial charge in [-0.25, -0.2) is 12.8 Å². The number of hydrogen-bond donors (Lipinski definition) is 1. The molecular formula is C14H15FN2O4S2. The number of anilines is 1. The van der Waals surface area contributed by atoms with E-state index in [1.165, 1.54) is 4.57 Å². The number of aryl methyl sites for hydroxylation is 1. The van der Waals surface area contributed by atoms with E-state index in [-0.39, 0.29) is 28.4 Å². The van der Waals surface area contributed by atoms with Crippen molar-refractivity contribution in [2.24, 2.45) is 0 Å². The Morgan fingerprint density at radius 3 is 2.65 bits per heavy atom. The molecule has 0 radical (unpaired) electrons. The van der Waals surface area contributed by atoms with Gasteiger partial charge >= 0.3 is 4.87 Å². The van der Waals surface area contributed by atoms with Gasteiger partial charge in [-0.3, -0.25) is 9.59 Å². The number of nitrogens with zero attached hydrogens (tertiary/aromatic N) is 1. The van der Waals surface area contributed by atoms with Crippen LogP contribution in [0.25, 0.3) is 0 Å². The molecule has 0 unspecified atom stereocenters. The Morgan fingerprint density at radius 2 is 2.09 bits per heavy atom. The number of sulfone groups is 1. The van der Waals surface area contributed by atoms with Crippen molar-refractivity contribution in [2.75, 3.05) is 11.6 Å². The van der Waals surface area contributed by atoms with E-state index in [9.17, 15) is 22.4 Å². The third kappa shape index (κ3) is 4.26. The molecule has 1 N–H and O–H groups in total. The van der Waals surface area contributed by atoms with Crippen molar-refractivity contribution in [1.29, 1.82) is 0 Å². The Balaban J connectivity index is 2.10. The number of aromatic nitrogens is 1. The van der Waals surface area contributed by atoms with E-state index in [2.05, 4.69) is 5.32 Å². The van der Waals surface area contributed by atoms with Crippen LogP contribution in [0.3, 0.4) is 0 Å². The zero-order valence-electron chi connectivity index (χ0n) is 12.5. The minimum atomic E-state index is -3.50. The van der Waals surface area contributed by atoms with E-state index in [4.69, 9.17) is 0 Å². The van der Waals surface area contributed by atoms with Crippen LogP contribution in [0.2, 0.25) is 0 Å². The Hall–Kier alpha value is -2.00. The van der Waals surface area contributed by atoms with E-state index in [0.717, 1.165) is 41.5 Å². The first-order chi connectivity index (χ1) is 10.7. The smallest absolute Gasteiger partial charge is 0.307 e. The zero-order chi connectivity index (χ0) is 17.2. The van der Waals surface area contributed by atoms with Crippen LogP contribution in [0.5, 0.6) is 0 Å². The van der Waals surface area contributed by atoms with Crippen molar-refractivity contribution < 1.29 is 17.6 Å². The molecule has 0 spiro atoms. The lowest BCUT2D eigenvalue weighted by Gasteiger charge is -2.09. The lowest BCUT2D eigenvalue weighted by atomic mass is 10.3. The van der Waals surface area contributed by atoms with Crippen LogP contribution in [0.4, 0.5) is 10.1 Å². The summed E-state index contributed by atoms with van der Waals surface area (Å²) >= 11 is 1.04. The Morgan fingerprint density at radius 1 is 1.39 bits per heavy atom. The fourth-order valence-electron chi connectivity index (χ4n) is 1.93. The molecule has 1 aromatic carbocycles. The number of benzene rings is 1. The average Bonchev–Trinajstić information content (AvgIpc) is 2.77. The molecular weight excluding hydrogens is 343 g/mol. The summed E-state index contributed by atoms with van der Waals surface area (Å²) in [5, 5.41) is 4.02. The highest BCUT2D eigenvalue weighted by atomic mass is 32.2. The number of hydrogen-bond acceptors (Lipinski definition) is 5.